The van der Waals surface area contributed by atoms with Gasteiger partial charge in [0, 0.05) is 11.7 Å². The van der Waals surface area contributed by atoms with E-state index in [1.807, 2.05) is 42.5 Å². The summed E-state index contributed by atoms with van der Waals surface area (Å²) in [6.07, 6.45) is 9.16. The van der Waals surface area contributed by atoms with Gasteiger partial charge in [0.15, 0.2) is 5.82 Å². The summed E-state index contributed by atoms with van der Waals surface area (Å²) in [5, 5.41) is 15.0. The fourth-order valence-corrected chi connectivity index (χ4v) is 3.55. The molecular weight excluding hydrogens is 362 g/mol. The van der Waals surface area contributed by atoms with Crippen molar-refractivity contribution in [2.24, 2.45) is 0 Å². The molecule has 2 aromatic carbocycles. The number of anilines is 3. The second kappa shape index (κ2) is 9.87. The first kappa shape index (κ1) is 19.2. The molecule has 2 N–H and O–H groups in total. The van der Waals surface area contributed by atoms with Gasteiger partial charge in [-0.25, -0.2) is 0 Å². The van der Waals surface area contributed by atoms with Crippen molar-refractivity contribution >= 4 is 17.5 Å². The summed E-state index contributed by atoms with van der Waals surface area (Å²) in [6.45, 7) is 0.555. The lowest BCUT2D eigenvalue weighted by molar-refractivity contribution is 0.306. The normalized spacial score (nSPS) is 14.8. The second-order valence-electron chi connectivity index (χ2n) is 7.42. The molecule has 0 atom stereocenters. The average Bonchev–Trinajstić information content (AvgIpc) is 3.03. The van der Waals surface area contributed by atoms with Gasteiger partial charge in [-0.15, -0.1) is 5.10 Å². The lowest BCUT2D eigenvalue weighted by Gasteiger charge is -2.16. The fourth-order valence-electron chi connectivity index (χ4n) is 3.55. The van der Waals surface area contributed by atoms with Gasteiger partial charge in [-0.3, -0.25) is 0 Å². The van der Waals surface area contributed by atoms with Crippen LogP contribution in [-0.2, 0) is 6.61 Å². The molecule has 1 aliphatic carbocycles. The fraction of sp³-hybridized carbons (Fsp3) is 0.348. The van der Waals surface area contributed by atoms with Crippen LogP contribution in [0.4, 0.5) is 17.5 Å². The van der Waals surface area contributed by atoms with E-state index in [1.165, 1.54) is 38.5 Å². The second-order valence-corrected chi connectivity index (χ2v) is 7.42. The Bertz CT molecular complexity index is 877. The number of rotatable bonds is 7. The third-order valence-electron chi connectivity index (χ3n) is 5.12. The lowest BCUT2D eigenvalue weighted by Crippen LogP contribution is -2.20. The van der Waals surface area contributed by atoms with Crippen LogP contribution < -0.4 is 15.4 Å². The molecule has 0 radical (unpaired) electrons. The summed E-state index contributed by atoms with van der Waals surface area (Å²) < 4.78 is 5.84. The summed E-state index contributed by atoms with van der Waals surface area (Å²) in [7, 11) is 0. The minimum Gasteiger partial charge on any atom is -0.489 e. The van der Waals surface area contributed by atoms with Crippen molar-refractivity contribution < 1.29 is 4.74 Å². The Hall–Kier alpha value is -3.15. The molecule has 4 rings (SSSR count). The predicted molar refractivity (Wildman–Crippen MR) is 115 cm³/mol. The van der Waals surface area contributed by atoms with Crippen LogP contribution in [-0.4, -0.2) is 21.2 Å². The van der Waals surface area contributed by atoms with E-state index in [4.69, 9.17) is 4.74 Å². The van der Waals surface area contributed by atoms with Gasteiger partial charge in [0.1, 0.15) is 12.4 Å². The van der Waals surface area contributed by atoms with E-state index in [2.05, 4.69) is 37.9 Å². The number of hydrogen-bond donors (Lipinski definition) is 2. The number of ether oxygens (including phenoxy) is 1. The molecule has 0 unspecified atom stereocenters. The Kier molecular flexibility index (Phi) is 6.53. The van der Waals surface area contributed by atoms with Crippen LogP contribution in [0.5, 0.6) is 5.75 Å². The highest BCUT2D eigenvalue weighted by molar-refractivity contribution is 5.57. The number of hydrogen-bond acceptors (Lipinski definition) is 6. The number of aromatic nitrogens is 3. The Morgan fingerprint density at radius 1 is 0.897 bits per heavy atom. The van der Waals surface area contributed by atoms with Crippen molar-refractivity contribution in [2.75, 3.05) is 10.6 Å². The van der Waals surface area contributed by atoms with E-state index in [0.717, 1.165) is 17.0 Å². The Morgan fingerprint density at radius 3 is 2.41 bits per heavy atom. The number of benzene rings is 2. The molecule has 1 fully saturated rings. The van der Waals surface area contributed by atoms with Gasteiger partial charge in [0.25, 0.3) is 0 Å². The van der Waals surface area contributed by atoms with Gasteiger partial charge >= 0.3 is 0 Å². The summed E-state index contributed by atoms with van der Waals surface area (Å²) in [5.74, 6) is 2.09. The van der Waals surface area contributed by atoms with Crippen molar-refractivity contribution in [3.05, 3.63) is 66.4 Å². The van der Waals surface area contributed by atoms with Crippen LogP contribution in [0.2, 0.25) is 0 Å². The SMILES string of the molecule is c1ccc(COc2ccc(Nc3cnnc(NC4CCCCCC4)n3)cc2)cc1. The van der Waals surface area contributed by atoms with Crippen LogP contribution in [0.15, 0.2) is 60.8 Å². The van der Waals surface area contributed by atoms with Crippen LogP contribution >= 0.6 is 0 Å². The summed E-state index contributed by atoms with van der Waals surface area (Å²) in [5.41, 5.74) is 2.08. The molecule has 0 aliphatic heterocycles. The van der Waals surface area contributed by atoms with Gasteiger partial charge in [-0.1, -0.05) is 56.0 Å². The highest BCUT2D eigenvalue weighted by atomic mass is 16.5. The molecule has 3 aromatic rings. The van der Waals surface area contributed by atoms with Crippen molar-refractivity contribution in [1.82, 2.24) is 15.2 Å². The standard InChI is InChI=1S/C23H27N5O/c1-2-7-11-19(10-6-1)26-23-27-22(16-24-28-23)25-20-12-14-21(15-13-20)29-17-18-8-4-3-5-9-18/h3-5,8-9,12-16,19H,1-2,6-7,10-11,17H2,(H2,25,26,27,28). The van der Waals surface area contributed by atoms with Crippen molar-refractivity contribution in [1.29, 1.82) is 0 Å². The summed E-state index contributed by atoms with van der Waals surface area (Å²) in [6, 6.07) is 18.4. The van der Waals surface area contributed by atoms with Crippen molar-refractivity contribution in [3.63, 3.8) is 0 Å². The topological polar surface area (TPSA) is 72.0 Å². The van der Waals surface area contributed by atoms with Crippen LogP contribution in [0.1, 0.15) is 44.1 Å². The molecule has 1 saturated carbocycles. The minimum atomic E-state index is 0.440. The molecule has 29 heavy (non-hydrogen) atoms. The molecule has 0 amide bonds. The average molecular weight is 390 g/mol. The third kappa shape index (κ3) is 5.91. The van der Waals surface area contributed by atoms with E-state index in [9.17, 15) is 0 Å². The van der Waals surface area contributed by atoms with Gasteiger partial charge in [-0.2, -0.15) is 10.1 Å². The first-order valence-electron chi connectivity index (χ1n) is 10.4. The zero-order valence-corrected chi connectivity index (χ0v) is 16.6. The zero-order chi connectivity index (χ0) is 19.7. The maximum atomic E-state index is 5.84. The van der Waals surface area contributed by atoms with Crippen molar-refractivity contribution in [2.45, 2.75) is 51.2 Å². The van der Waals surface area contributed by atoms with Crippen molar-refractivity contribution in [3.8, 4) is 5.75 Å². The van der Waals surface area contributed by atoms with Crippen LogP contribution in [0, 0.1) is 0 Å². The smallest absolute Gasteiger partial charge is 0.244 e. The highest BCUT2D eigenvalue weighted by Crippen LogP contribution is 2.22. The van der Waals surface area contributed by atoms with E-state index in [-0.39, 0.29) is 0 Å². The number of nitrogens with zero attached hydrogens (tertiary/aromatic N) is 3. The molecule has 6 heteroatoms. The van der Waals surface area contributed by atoms with E-state index in [0.29, 0.717) is 24.4 Å². The lowest BCUT2D eigenvalue weighted by atomic mass is 10.1. The molecule has 0 saturated heterocycles. The largest absolute Gasteiger partial charge is 0.489 e. The molecular formula is C23H27N5O. The summed E-state index contributed by atoms with van der Waals surface area (Å²) in [4.78, 5) is 4.56. The zero-order valence-electron chi connectivity index (χ0n) is 16.6. The Balaban J connectivity index is 1.32. The van der Waals surface area contributed by atoms with Gasteiger partial charge < -0.3 is 15.4 Å². The predicted octanol–water partition coefficient (Wildman–Crippen LogP) is 5.33. The van der Waals surface area contributed by atoms with Crippen LogP contribution in [0.3, 0.4) is 0 Å². The van der Waals surface area contributed by atoms with E-state index in [1.54, 1.807) is 6.20 Å². The molecule has 1 aliphatic rings. The molecule has 150 valence electrons. The Morgan fingerprint density at radius 2 is 1.66 bits per heavy atom. The minimum absolute atomic E-state index is 0.440. The van der Waals surface area contributed by atoms with E-state index < -0.39 is 0 Å². The molecule has 0 spiro atoms. The quantitative estimate of drug-likeness (QED) is 0.532. The summed E-state index contributed by atoms with van der Waals surface area (Å²) >= 11 is 0. The van der Waals surface area contributed by atoms with Gasteiger partial charge in [0.05, 0.1) is 6.20 Å². The van der Waals surface area contributed by atoms with E-state index >= 15 is 0 Å². The highest BCUT2D eigenvalue weighted by Gasteiger charge is 2.13. The molecule has 6 nitrogen and oxygen atoms in total. The van der Waals surface area contributed by atoms with Crippen LogP contribution in [0.25, 0.3) is 0 Å². The maximum Gasteiger partial charge on any atom is 0.244 e. The maximum absolute atomic E-state index is 5.84. The first-order valence-corrected chi connectivity index (χ1v) is 10.4. The molecule has 1 heterocycles. The molecule has 1 aromatic heterocycles. The number of nitrogens with one attached hydrogen (secondary N) is 2. The monoisotopic (exact) mass is 389 g/mol. The Labute approximate surface area is 171 Å². The third-order valence-corrected chi connectivity index (χ3v) is 5.12. The molecule has 0 bridgehead atoms. The first-order chi connectivity index (χ1) is 14.3. The van der Waals surface area contributed by atoms with Gasteiger partial charge in [0.2, 0.25) is 5.95 Å². The van der Waals surface area contributed by atoms with Gasteiger partial charge in [-0.05, 0) is 42.7 Å².